The molecule has 2 amide bonds. The standard InChI is InChI=1S/C9H14N2O2/c1-7(11-9(10)12)4-5-8-3-2-6-13-8/h2-3,6-7H,4-5H2,1H3,(H3,10,11,12). The zero-order valence-corrected chi connectivity index (χ0v) is 7.62. The Balaban J connectivity index is 2.22. The van der Waals surface area contributed by atoms with Gasteiger partial charge in [0.25, 0.3) is 0 Å². The molecule has 1 aromatic rings. The second-order valence-corrected chi connectivity index (χ2v) is 3.03. The SMILES string of the molecule is CC(CCc1ccco1)NC(N)=O. The van der Waals surface area contributed by atoms with Crippen molar-refractivity contribution in [1.29, 1.82) is 0 Å². The smallest absolute Gasteiger partial charge is 0.312 e. The van der Waals surface area contributed by atoms with Gasteiger partial charge in [0.1, 0.15) is 5.76 Å². The molecule has 13 heavy (non-hydrogen) atoms. The van der Waals surface area contributed by atoms with E-state index in [0.717, 1.165) is 18.6 Å². The van der Waals surface area contributed by atoms with Crippen LogP contribution in [-0.2, 0) is 6.42 Å². The van der Waals surface area contributed by atoms with Crippen molar-refractivity contribution in [1.82, 2.24) is 5.32 Å². The maximum Gasteiger partial charge on any atom is 0.312 e. The Bertz CT molecular complexity index is 257. The summed E-state index contributed by atoms with van der Waals surface area (Å²) in [6.07, 6.45) is 3.28. The minimum absolute atomic E-state index is 0.0857. The number of rotatable bonds is 4. The van der Waals surface area contributed by atoms with Crippen molar-refractivity contribution in [3.8, 4) is 0 Å². The average Bonchev–Trinajstić information content (AvgIpc) is 2.51. The van der Waals surface area contributed by atoms with Crippen LogP contribution < -0.4 is 11.1 Å². The van der Waals surface area contributed by atoms with Gasteiger partial charge in [-0.2, -0.15) is 0 Å². The molecule has 0 radical (unpaired) electrons. The van der Waals surface area contributed by atoms with E-state index in [0.29, 0.717) is 0 Å². The van der Waals surface area contributed by atoms with Gasteiger partial charge in [-0.15, -0.1) is 0 Å². The molecule has 72 valence electrons. The number of aryl methyl sites for hydroxylation is 1. The summed E-state index contributed by atoms with van der Waals surface area (Å²) >= 11 is 0. The van der Waals surface area contributed by atoms with Crippen LogP contribution in [0, 0.1) is 0 Å². The lowest BCUT2D eigenvalue weighted by atomic mass is 10.1. The lowest BCUT2D eigenvalue weighted by molar-refractivity contribution is 0.245. The normalized spacial score (nSPS) is 12.4. The molecule has 0 saturated carbocycles. The van der Waals surface area contributed by atoms with Crippen molar-refractivity contribution in [2.45, 2.75) is 25.8 Å². The number of carbonyl (C=O) groups excluding carboxylic acids is 1. The Morgan fingerprint density at radius 3 is 3.08 bits per heavy atom. The second-order valence-electron chi connectivity index (χ2n) is 3.03. The lowest BCUT2D eigenvalue weighted by Crippen LogP contribution is -2.36. The van der Waals surface area contributed by atoms with Gasteiger partial charge in [-0.05, 0) is 25.5 Å². The lowest BCUT2D eigenvalue weighted by Gasteiger charge is -2.10. The van der Waals surface area contributed by atoms with E-state index in [1.807, 2.05) is 19.1 Å². The number of nitrogens with two attached hydrogens (primary N) is 1. The summed E-state index contributed by atoms with van der Waals surface area (Å²) in [4.78, 5) is 10.5. The molecule has 0 saturated heterocycles. The summed E-state index contributed by atoms with van der Waals surface area (Å²) < 4.78 is 5.14. The van der Waals surface area contributed by atoms with E-state index in [1.165, 1.54) is 0 Å². The first-order valence-electron chi connectivity index (χ1n) is 4.27. The molecule has 1 aromatic heterocycles. The first-order valence-corrected chi connectivity index (χ1v) is 4.27. The third-order valence-corrected chi connectivity index (χ3v) is 1.79. The van der Waals surface area contributed by atoms with Crippen LogP contribution in [0.2, 0.25) is 0 Å². The molecule has 4 heteroatoms. The predicted octanol–water partition coefficient (Wildman–Crippen LogP) is 1.27. The van der Waals surface area contributed by atoms with Gasteiger partial charge in [-0.1, -0.05) is 0 Å². The Kier molecular flexibility index (Phi) is 3.37. The van der Waals surface area contributed by atoms with Gasteiger partial charge in [0.2, 0.25) is 0 Å². The Hall–Kier alpha value is -1.45. The van der Waals surface area contributed by atoms with Crippen LogP contribution in [0.5, 0.6) is 0 Å². The molecule has 4 nitrogen and oxygen atoms in total. The van der Waals surface area contributed by atoms with Gasteiger partial charge >= 0.3 is 6.03 Å². The molecule has 0 fully saturated rings. The predicted molar refractivity (Wildman–Crippen MR) is 49.2 cm³/mol. The summed E-state index contributed by atoms with van der Waals surface area (Å²) in [5.41, 5.74) is 4.97. The summed E-state index contributed by atoms with van der Waals surface area (Å²) in [7, 11) is 0. The fourth-order valence-electron chi connectivity index (χ4n) is 1.13. The number of urea groups is 1. The van der Waals surface area contributed by atoms with Crippen molar-refractivity contribution in [3.63, 3.8) is 0 Å². The van der Waals surface area contributed by atoms with E-state index >= 15 is 0 Å². The molecule has 0 aliphatic rings. The molecule has 1 rings (SSSR count). The number of hydrogen-bond donors (Lipinski definition) is 2. The van der Waals surface area contributed by atoms with E-state index in [1.54, 1.807) is 6.26 Å². The van der Waals surface area contributed by atoms with Gasteiger partial charge in [0.15, 0.2) is 0 Å². The number of amides is 2. The van der Waals surface area contributed by atoms with Crippen molar-refractivity contribution in [3.05, 3.63) is 24.2 Å². The average molecular weight is 182 g/mol. The molecule has 1 unspecified atom stereocenters. The first-order chi connectivity index (χ1) is 6.18. The zero-order chi connectivity index (χ0) is 9.68. The molecule has 0 aliphatic carbocycles. The van der Waals surface area contributed by atoms with Crippen molar-refractivity contribution in [2.24, 2.45) is 5.73 Å². The number of nitrogens with one attached hydrogen (secondary N) is 1. The number of furan rings is 1. The van der Waals surface area contributed by atoms with Crippen LogP contribution in [0.1, 0.15) is 19.1 Å². The topological polar surface area (TPSA) is 68.3 Å². The van der Waals surface area contributed by atoms with E-state index in [2.05, 4.69) is 5.32 Å². The molecule has 3 N–H and O–H groups in total. The first kappa shape index (κ1) is 9.64. The maximum absolute atomic E-state index is 10.5. The maximum atomic E-state index is 10.5. The molecular weight excluding hydrogens is 168 g/mol. The highest BCUT2D eigenvalue weighted by molar-refractivity contribution is 5.71. The quantitative estimate of drug-likeness (QED) is 0.736. The number of hydrogen-bond acceptors (Lipinski definition) is 2. The van der Waals surface area contributed by atoms with Gasteiger partial charge in [0, 0.05) is 12.5 Å². The van der Waals surface area contributed by atoms with Gasteiger partial charge in [-0.25, -0.2) is 4.79 Å². The summed E-state index contributed by atoms with van der Waals surface area (Å²) in [5, 5.41) is 2.60. The second kappa shape index (κ2) is 4.54. The van der Waals surface area contributed by atoms with Crippen molar-refractivity contribution < 1.29 is 9.21 Å². The van der Waals surface area contributed by atoms with Crippen LogP contribution in [-0.4, -0.2) is 12.1 Å². The van der Waals surface area contributed by atoms with Gasteiger partial charge in [-0.3, -0.25) is 0 Å². The van der Waals surface area contributed by atoms with Crippen LogP contribution in [0.4, 0.5) is 4.79 Å². The van der Waals surface area contributed by atoms with Crippen LogP contribution in [0.3, 0.4) is 0 Å². The van der Waals surface area contributed by atoms with Gasteiger partial charge < -0.3 is 15.5 Å². The monoisotopic (exact) mass is 182 g/mol. The molecule has 0 spiro atoms. The van der Waals surface area contributed by atoms with Crippen molar-refractivity contribution in [2.75, 3.05) is 0 Å². The molecule has 0 bridgehead atoms. The van der Waals surface area contributed by atoms with Crippen LogP contribution >= 0.6 is 0 Å². The summed E-state index contributed by atoms with van der Waals surface area (Å²) in [6.45, 7) is 1.91. The Morgan fingerprint density at radius 2 is 2.54 bits per heavy atom. The van der Waals surface area contributed by atoms with Crippen LogP contribution in [0.25, 0.3) is 0 Å². The number of primary amides is 1. The fourth-order valence-corrected chi connectivity index (χ4v) is 1.13. The highest BCUT2D eigenvalue weighted by atomic mass is 16.3. The zero-order valence-electron chi connectivity index (χ0n) is 7.62. The van der Waals surface area contributed by atoms with Gasteiger partial charge in [0.05, 0.1) is 6.26 Å². The summed E-state index contributed by atoms with van der Waals surface area (Å²) in [5.74, 6) is 0.929. The Morgan fingerprint density at radius 1 is 1.77 bits per heavy atom. The fraction of sp³-hybridized carbons (Fsp3) is 0.444. The molecule has 0 aromatic carbocycles. The minimum Gasteiger partial charge on any atom is -0.469 e. The molecular formula is C9H14N2O2. The van der Waals surface area contributed by atoms with E-state index in [-0.39, 0.29) is 6.04 Å². The largest absolute Gasteiger partial charge is 0.469 e. The number of carbonyl (C=O) groups is 1. The Labute approximate surface area is 77.1 Å². The summed E-state index contributed by atoms with van der Waals surface area (Å²) in [6, 6.07) is 3.37. The molecule has 1 atom stereocenters. The third-order valence-electron chi connectivity index (χ3n) is 1.79. The molecule has 1 heterocycles. The third kappa shape index (κ3) is 3.64. The highest BCUT2D eigenvalue weighted by Gasteiger charge is 2.04. The van der Waals surface area contributed by atoms with Crippen LogP contribution in [0.15, 0.2) is 22.8 Å². The van der Waals surface area contributed by atoms with E-state index in [4.69, 9.17) is 10.2 Å². The van der Waals surface area contributed by atoms with E-state index in [9.17, 15) is 4.79 Å². The van der Waals surface area contributed by atoms with E-state index < -0.39 is 6.03 Å². The highest BCUT2D eigenvalue weighted by Crippen LogP contribution is 2.05. The minimum atomic E-state index is -0.480. The molecule has 0 aliphatic heterocycles. The van der Waals surface area contributed by atoms with Crippen molar-refractivity contribution >= 4 is 6.03 Å².